The Labute approximate surface area is 132 Å². The molecule has 1 aliphatic rings. The second-order valence-electron chi connectivity index (χ2n) is 4.91. The van der Waals surface area contributed by atoms with Crippen LogP contribution in [0.15, 0.2) is 24.3 Å². The van der Waals surface area contributed by atoms with Crippen molar-refractivity contribution in [2.24, 2.45) is 0 Å². The van der Waals surface area contributed by atoms with Crippen molar-refractivity contribution in [3.63, 3.8) is 0 Å². The van der Waals surface area contributed by atoms with E-state index in [1.165, 1.54) is 0 Å². The van der Waals surface area contributed by atoms with Crippen molar-refractivity contribution < 1.29 is 54.2 Å². The molecule has 1 aromatic carbocycles. The van der Waals surface area contributed by atoms with Crippen LogP contribution in [0.5, 0.6) is 5.75 Å². The summed E-state index contributed by atoms with van der Waals surface area (Å²) in [6.07, 6.45) is -6.32. The number of phenolic OH excluding ortho intramolecular Hbond substituents is 1. The molecule has 1 heterocycles. The SMILES string of the molecule is O=C(Nc1ccccc1O)C(F)(F)C1(F)OC(F)(F)C(F)(F)C1(F)F. The van der Waals surface area contributed by atoms with Gasteiger partial charge in [-0.05, 0) is 12.1 Å². The van der Waals surface area contributed by atoms with E-state index < -0.39 is 47.1 Å². The molecule has 1 aliphatic heterocycles. The van der Waals surface area contributed by atoms with E-state index >= 15 is 0 Å². The lowest BCUT2D eigenvalue weighted by molar-refractivity contribution is -0.366. The molecule has 2 rings (SSSR count). The number of anilines is 1. The van der Waals surface area contributed by atoms with Crippen molar-refractivity contribution in [1.29, 1.82) is 0 Å². The van der Waals surface area contributed by atoms with Crippen LogP contribution in [0.4, 0.5) is 45.2 Å². The Morgan fingerprint density at radius 2 is 1.52 bits per heavy atom. The van der Waals surface area contributed by atoms with Gasteiger partial charge >= 0.3 is 35.6 Å². The molecule has 13 heteroatoms. The zero-order valence-corrected chi connectivity index (χ0v) is 11.5. The molecule has 1 saturated heterocycles. The lowest BCUT2D eigenvalue weighted by Gasteiger charge is -2.31. The fourth-order valence-corrected chi connectivity index (χ4v) is 1.88. The topological polar surface area (TPSA) is 58.6 Å². The molecule has 1 fully saturated rings. The van der Waals surface area contributed by atoms with Gasteiger partial charge in [-0.15, -0.1) is 0 Å². The lowest BCUT2D eigenvalue weighted by Crippen LogP contribution is -2.63. The number of halogens is 9. The Balaban J connectivity index is 2.44. The molecule has 0 radical (unpaired) electrons. The van der Waals surface area contributed by atoms with Crippen molar-refractivity contribution in [2.45, 2.75) is 29.7 Å². The van der Waals surface area contributed by atoms with Crippen LogP contribution >= 0.6 is 0 Å². The minimum atomic E-state index is -6.76. The number of carbonyl (C=O) groups excluding carboxylic acids is 1. The Morgan fingerprint density at radius 1 is 1.00 bits per heavy atom. The van der Waals surface area contributed by atoms with Crippen molar-refractivity contribution in [2.75, 3.05) is 5.32 Å². The lowest BCUT2D eigenvalue weighted by atomic mass is 9.99. The maximum absolute atomic E-state index is 13.9. The standard InChI is InChI=1S/C12H6F9NO3/c13-8(14,7(24)22-5-3-1-2-4-6(5)23)11(19)9(15,16)10(17,18)12(20,21)25-11/h1-4,23H,(H,22,24). The first-order valence-corrected chi connectivity index (χ1v) is 6.11. The first-order chi connectivity index (χ1) is 11.1. The molecule has 1 amide bonds. The van der Waals surface area contributed by atoms with E-state index in [-0.39, 0.29) is 0 Å². The summed E-state index contributed by atoms with van der Waals surface area (Å²) >= 11 is 0. The maximum atomic E-state index is 13.9. The summed E-state index contributed by atoms with van der Waals surface area (Å²) in [6, 6.07) is 3.80. The van der Waals surface area contributed by atoms with E-state index in [9.17, 15) is 49.4 Å². The predicted molar refractivity (Wildman–Crippen MR) is 61.4 cm³/mol. The third-order valence-electron chi connectivity index (χ3n) is 3.27. The Kier molecular flexibility index (Phi) is 3.95. The van der Waals surface area contributed by atoms with Gasteiger partial charge in [0.1, 0.15) is 5.75 Å². The maximum Gasteiger partial charge on any atom is 0.428 e. The van der Waals surface area contributed by atoms with Crippen LogP contribution in [0.3, 0.4) is 0 Å². The quantitative estimate of drug-likeness (QED) is 0.620. The fourth-order valence-electron chi connectivity index (χ4n) is 1.88. The van der Waals surface area contributed by atoms with E-state index in [1.807, 2.05) is 0 Å². The van der Waals surface area contributed by atoms with Gasteiger partial charge in [0.2, 0.25) is 0 Å². The van der Waals surface area contributed by atoms with Crippen molar-refractivity contribution in [3.05, 3.63) is 24.3 Å². The zero-order chi connectivity index (χ0) is 19.5. The highest BCUT2D eigenvalue weighted by atomic mass is 19.4. The minimum Gasteiger partial charge on any atom is -0.506 e. The van der Waals surface area contributed by atoms with Gasteiger partial charge in [0.25, 0.3) is 0 Å². The number of carbonyl (C=O) groups is 1. The normalized spacial score (nSPS) is 27.1. The molecule has 0 spiro atoms. The summed E-state index contributed by atoms with van der Waals surface area (Å²) in [5.74, 6) is -29.9. The minimum absolute atomic E-state index is 0.755. The first kappa shape index (κ1) is 19.1. The van der Waals surface area contributed by atoms with Crippen LogP contribution in [0.2, 0.25) is 0 Å². The Morgan fingerprint density at radius 3 is 1.96 bits per heavy atom. The van der Waals surface area contributed by atoms with Gasteiger partial charge < -0.3 is 10.4 Å². The monoisotopic (exact) mass is 383 g/mol. The molecule has 0 saturated carbocycles. The Hall–Kier alpha value is -2.18. The number of phenols is 1. The van der Waals surface area contributed by atoms with Crippen LogP contribution in [0.1, 0.15) is 0 Å². The molecule has 140 valence electrons. The molecule has 0 aliphatic carbocycles. The summed E-state index contributed by atoms with van der Waals surface area (Å²) in [5.41, 5.74) is -0.851. The van der Waals surface area contributed by atoms with Gasteiger partial charge in [-0.3, -0.25) is 9.53 Å². The van der Waals surface area contributed by atoms with Gasteiger partial charge in [0.15, 0.2) is 0 Å². The summed E-state index contributed by atoms with van der Waals surface area (Å²) < 4.78 is 122. The second kappa shape index (κ2) is 5.16. The third-order valence-corrected chi connectivity index (χ3v) is 3.27. The number of para-hydroxylation sites is 2. The van der Waals surface area contributed by atoms with Gasteiger partial charge in [-0.2, -0.15) is 39.5 Å². The summed E-state index contributed by atoms with van der Waals surface area (Å²) in [7, 11) is 0. The van der Waals surface area contributed by atoms with Gasteiger partial charge in [0.05, 0.1) is 5.69 Å². The number of hydrogen-bond donors (Lipinski definition) is 2. The second-order valence-corrected chi connectivity index (χ2v) is 4.91. The van der Waals surface area contributed by atoms with Crippen LogP contribution in [-0.4, -0.2) is 40.7 Å². The van der Waals surface area contributed by atoms with Crippen molar-refractivity contribution >= 4 is 11.6 Å². The smallest absolute Gasteiger partial charge is 0.428 e. The number of rotatable bonds is 3. The van der Waals surface area contributed by atoms with Gasteiger partial charge in [-0.25, -0.2) is 0 Å². The number of alkyl halides is 9. The molecule has 1 aromatic rings. The molecule has 25 heavy (non-hydrogen) atoms. The molecule has 0 aromatic heterocycles. The van der Waals surface area contributed by atoms with Crippen molar-refractivity contribution in [3.8, 4) is 5.75 Å². The van der Waals surface area contributed by atoms with Crippen LogP contribution in [0.25, 0.3) is 0 Å². The number of hydrogen-bond acceptors (Lipinski definition) is 3. The van der Waals surface area contributed by atoms with Crippen molar-refractivity contribution in [1.82, 2.24) is 0 Å². The summed E-state index contributed by atoms with van der Waals surface area (Å²) in [6.45, 7) is 0. The zero-order valence-electron chi connectivity index (χ0n) is 11.5. The molecule has 4 nitrogen and oxygen atoms in total. The van der Waals surface area contributed by atoms with Gasteiger partial charge in [-0.1, -0.05) is 12.1 Å². The number of ether oxygens (including phenoxy) is 1. The van der Waals surface area contributed by atoms with E-state index in [1.54, 1.807) is 0 Å². The number of nitrogens with one attached hydrogen (secondary N) is 1. The molecule has 1 atom stereocenters. The highest BCUT2D eigenvalue weighted by molar-refractivity contribution is 5.98. The highest BCUT2D eigenvalue weighted by Gasteiger charge is 2.96. The fraction of sp³-hybridized carbons (Fsp3) is 0.417. The Bertz CT molecular complexity index is 709. The number of amides is 1. The van der Waals surface area contributed by atoms with Crippen LogP contribution < -0.4 is 5.32 Å². The number of benzene rings is 1. The summed E-state index contributed by atoms with van der Waals surface area (Å²) in [4.78, 5) is 11.4. The van der Waals surface area contributed by atoms with Crippen LogP contribution in [0, 0.1) is 0 Å². The van der Waals surface area contributed by atoms with E-state index in [0.717, 1.165) is 29.6 Å². The van der Waals surface area contributed by atoms with Gasteiger partial charge in [0, 0.05) is 0 Å². The summed E-state index contributed by atoms with van der Waals surface area (Å²) in [5, 5.41) is 10.3. The average Bonchev–Trinajstić information content (AvgIpc) is 2.57. The number of aromatic hydroxyl groups is 1. The molecule has 1 unspecified atom stereocenters. The third kappa shape index (κ3) is 2.32. The van der Waals surface area contributed by atoms with E-state index in [0.29, 0.717) is 0 Å². The van der Waals surface area contributed by atoms with E-state index in [4.69, 9.17) is 0 Å². The average molecular weight is 383 g/mol. The first-order valence-electron chi connectivity index (χ1n) is 6.11. The largest absolute Gasteiger partial charge is 0.506 e. The predicted octanol–water partition coefficient (Wildman–Crippen LogP) is 3.53. The highest BCUT2D eigenvalue weighted by Crippen LogP contribution is 2.64. The molecule has 2 N–H and O–H groups in total. The molecule has 0 bridgehead atoms. The molecular formula is C12H6F9NO3. The molecular weight excluding hydrogens is 377 g/mol. The van der Waals surface area contributed by atoms with Crippen LogP contribution in [-0.2, 0) is 9.53 Å². The van der Waals surface area contributed by atoms with E-state index in [2.05, 4.69) is 4.74 Å².